The Kier molecular flexibility index (Phi) is 5.46. The molecule has 2 aliphatic rings. The number of fused-ring (bicyclic) bond motifs is 2. The van der Waals surface area contributed by atoms with Crippen molar-refractivity contribution >= 4 is 17.7 Å². The zero-order valence-corrected chi connectivity index (χ0v) is 18.4. The lowest BCUT2D eigenvalue weighted by molar-refractivity contribution is -0.135. The van der Waals surface area contributed by atoms with Gasteiger partial charge in [-0.25, -0.2) is 4.79 Å². The van der Waals surface area contributed by atoms with Crippen molar-refractivity contribution in [1.29, 1.82) is 0 Å². The molecule has 0 N–H and O–H groups in total. The van der Waals surface area contributed by atoms with Gasteiger partial charge in [0.25, 0.3) is 5.91 Å². The van der Waals surface area contributed by atoms with Gasteiger partial charge in [-0.1, -0.05) is 63.2 Å². The van der Waals surface area contributed by atoms with Crippen molar-refractivity contribution in [2.24, 2.45) is 10.8 Å². The Balaban J connectivity index is 1.35. The highest BCUT2D eigenvalue weighted by molar-refractivity contribution is 6.09. The highest BCUT2D eigenvalue weighted by atomic mass is 16.5. The molecule has 4 rings (SSSR count). The molecule has 5 nitrogen and oxygen atoms in total. The number of ketones is 1. The molecular formula is C26H29NO4. The van der Waals surface area contributed by atoms with Crippen LogP contribution in [-0.2, 0) is 9.53 Å². The van der Waals surface area contributed by atoms with Crippen LogP contribution in [0.5, 0.6) is 0 Å². The third-order valence-corrected chi connectivity index (χ3v) is 6.48. The van der Waals surface area contributed by atoms with Crippen LogP contribution in [0.1, 0.15) is 66.3 Å². The number of benzene rings is 2. The first-order valence-electron chi connectivity index (χ1n) is 10.8. The van der Waals surface area contributed by atoms with E-state index in [0.29, 0.717) is 16.7 Å². The summed E-state index contributed by atoms with van der Waals surface area (Å²) in [6.45, 7) is 7.25. The maximum Gasteiger partial charge on any atom is 0.338 e. The van der Waals surface area contributed by atoms with Gasteiger partial charge in [0.1, 0.15) is 0 Å². The SMILES string of the molecule is CC1(C)C[C@@H]2C[C@](C)(CN2C(=O)COC(=O)c2ccc(C(=O)c3ccccc3)cc2)C1. The van der Waals surface area contributed by atoms with E-state index in [0.717, 1.165) is 25.8 Å². The van der Waals surface area contributed by atoms with E-state index in [4.69, 9.17) is 4.74 Å². The molecule has 1 amide bonds. The number of hydrogen-bond donors (Lipinski definition) is 0. The lowest BCUT2D eigenvalue weighted by Crippen LogP contribution is -2.39. The number of amides is 1. The molecule has 0 aromatic heterocycles. The molecule has 2 fully saturated rings. The molecule has 1 aliphatic heterocycles. The van der Waals surface area contributed by atoms with E-state index in [9.17, 15) is 14.4 Å². The molecule has 0 spiro atoms. The van der Waals surface area contributed by atoms with Crippen molar-refractivity contribution in [2.75, 3.05) is 13.2 Å². The third-order valence-electron chi connectivity index (χ3n) is 6.48. The van der Waals surface area contributed by atoms with Crippen molar-refractivity contribution in [3.05, 3.63) is 71.3 Å². The summed E-state index contributed by atoms with van der Waals surface area (Å²) >= 11 is 0. The number of likely N-dealkylation sites (tertiary alicyclic amines) is 1. The van der Waals surface area contributed by atoms with Gasteiger partial charge in [-0.3, -0.25) is 9.59 Å². The fourth-order valence-electron chi connectivity index (χ4n) is 5.56. The Hall–Kier alpha value is -2.95. The molecular weight excluding hydrogens is 390 g/mol. The molecule has 31 heavy (non-hydrogen) atoms. The molecule has 0 radical (unpaired) electrons. The summed E-state index contributed by atoms with van der Waals surface area (Å²) in [6.07, 6.45) is 3.11. The Labute approximate surface area is 183 Å². The summed E-state index contributed by atoms with van der Waals surface area (Å²) in [5.74, 6) is -0.788. The number of nitrogens with zero attached hydrogens (tertiary/aromatic N) is 1. The third kappa shape index (κ3) is 4.55. The zero-order chi connectivity index (χ0) is 22.2. The second-order valence-corrected chi connectivity index (χ2v) is 10.1. The van der Waals surface area contributed by atoms with Crippen LogP contribution < -0.4 is 0 Å². The van der Waals surface area contributed by atoms with Gasteiger partial charge in [0.15, 0.2) is 12.4 Å². The van der Waals surface area contributed by atoms with Crippen LogP contribution in [-0.4, -0.2) is 41.8 Å². The van der Waals surface area contributed by atoms with E-state index in [1.807, 2.05) is 23.1 Å². The smallest absolute Gasteiger partial charge is 0.338 e. The molecule has 1 heterocycles. The molecule has 2 bridgehead atoms. The highest BCUT2D eigenvalue weighted by Crippen LogP contribution is 2.52. The Bertz CT molecular complexity index is 996. The minimum absolute atomic E-state index is 0.104. The largest absolute Gasteiger partial charge is 0.452 e. The van der Waals surface area contributed by atoms with Gasteiger partial charge in [-0.15, -0.1) is 0 Å². The van der Waals surface area contributed by atoms with Crippen LogP contribution in [0.2, 0.25) is 0 Å². The average molecular weight is 420 g/mol. The summed E-state index contributed by atoms with van der Waals surface area (Å²) in [4.78, 5) is 39.6. The first-order chi connectivity index (χ1) is 14.7. The molecule has 2 aromatic rings. The zero-order valence-electron chi connectivity index (χ0n) is 18.4. The van der Waals surface area contributed by atoms with E-state index in [2.05, 4.69) is 20.8 Å². The number of hydrogen-bond acceptors (Lipinski definition) is 4. The topological polar surface area (TPSA) is 63.7 Å². The van der Waals surface area contributed by atoms with Crippen LogP contribution in [0.3, 0.4) is 0 Å². The summed E-state index contributed by atoms with van der Waals surface area (Å²) in [5.41, 5.74) is 1.79. The molecule has 162 valence electrons. The van der Waals surface area contributed by atoms with E-state index in [1.165, 1.54) is 0 Å². The molecule has 5 heteroatoms. The molecule has 1 aliphatic carbocycles. The van der Waals surface area contributed by atoms with Gasteiger partial charge in [0.05, 0.1) is 5.56 Å². The van der Waals surface area contributed by atoms with Crippen LogP contribution in [0.15, 0.2) is 54.6 Å². The summed E-state index contributed by atoms with van der Waals surface area (Å²) in [5, 5.41) is 0. The number of rotatable bonds is 5. The Morgan fingerprint density at radius 1 is 0.903 bits per heavy atom. The fraction of sp³-hybridized carbons (Fsp3) is 0.423. The van der Waals surface area contributed by atoms with Gasteiger partial charge in [-0.2, -0.15) is 0 Å². The number of carbonyl (C=O) groups excluding carboxylic acids is 3. The van der Waals surface area contributed by atoms with Gasteiger partial charge in [0.2, 0.25) is 0 Å². The molecule has 1 saturated heterocycles. The van der Waals surface area contributed by atoms with Gasteiger partial charge < -0.3 is 9.64 Å². The van der Waals surface area contributed by atoms with Gasteiger partial charge in [-0.05, 0) is 42.2 Å². The number of esters is 1. The van der Waals surface area contributed by atoms with Crippen molar-refractivity contribution in [3.63, 3.8) is 0 Å². The molecule has 2 atom stereocenters. The average Bonchev–Trinajstić information content (AvgIpc) is 3.00. The Morgan fingerprint density at radius 3 is 2.19 bits per heavy atom. The predicted octanol–water partition coefficient (Wildman–Crippen LogP) is 4.50. The minimum Gasteiger partial charge on any atom is -0.452 e. The fourth-order valence-corrected chi connectivity index (χ4v) is 5.56. The molecule has 1 saturated carbocycles. The van der Waals surface area contributed by atoms with E-state index < -0.39 is 5.97 Å². The minimum atomic E-state index is -0.555. The van der Waals surface area contributed by atoms with E-state index >= 15 is 0 Å². The molecule has 2 aromatic carbocycles. The van der Waals surface area contributed by atoms with Crippen molar-refractivity contribution in [3.8, 4) is 0 Å². The first kappa shape index (κ1) is 21.3. The normalized spacial score (nSPS) is 24.0. The summed E-state index contributed by atoms with van der Waals surface area (Å²) < 4.78 is 5.31. The first-order valence-corrected chi connectivity index (χ1v) is 10.8. The Morgan fingerprint density at radius 2 is 1.52 bits per heavy atom. The van der Waals surface area contributed by atoms with E-state index in [1.54, 1.807) is 36.4 Å². The van der Waals surface area contributed by atoms with Crippen molar-refractivity contribution in [1.82, 2.24) is 4.90 Å². The standard InChI is InChI=1S/C26H29NO4/c1-25(2)13-21-14-26(3,16-25)17-27(21)22(28)15-31-24(30)20-11-9-19(10-12-20)23(29)18-7-5-4-6-8-18/h4-12,21H,13-17H2,1-3H3/t21-,26+/m1/s1. The van der Waals surface area contributed by atoms with Crippen molar-refractivity contribution in [2.45, 2.75) is 46.1 Å². The second kappa shape index (κ2) is 7.95. The van der Waals surface area contributed by atoms with Gasteiger partial charge in [0, 0.05) is 23.7 Å². The lowest BCUT2D eigenvalue weighted by Gasteiger charge is -2.39. The van der Waals surface area contributed by atoms with Crippen LogP contribution in [0, 0.1) is 10.8 Å². The van der Waals surface area contributed by atoms with Crippen molar-refractivity contribution < 1.29 is 19.1 Å². The maximum atomic E-state index is 12.8. The van der Waals surface area contributed by atoms with Crippen LogP contribution >= 0.6 is 0 Å². The monoisotopic (exact) mass is 419 g/mol. The predicted molar refractivity (Wildman–Crippen MR) is 118 cm³/mol. The highest BCUT2D eigenvalue weighted by Gasteiger charge is 2.50. The van der Waals surface area contributed by atoms with E-state index in [-0.39, 0.29) is 35.2 Å². The van der Waals surface area contributed by atoms with Gasteiger partial charge >= 0.3 is 5.97 Å². The number of ether oxygens (including phenoxy) is 1. The summed E-state index contributed by atoms with van der Waals surface area (Å²) in [7, 11) is 0. The molecule has 0 unspecified atom stereocenters. The lowest BCUT2D eigenvalue weighted by atomic mass is 9.65. The number of carbonyl (C=O) groups is 3. The van der Waals surface area contributed by atoms with Crippen LogP contribution in [0.4, 0.5) is 0 Å². The maximum absolute atomic E-state index is 12.8. The second-order valence-electron chi connectivity index (χ2n) is 10.1. The summed E-state index contributed by atoms with van der Waals surface area (Å²) in [6, 6.07) is 15.6. The quantitative estimate of drug-likeness (QED) is 0.529. The van der Waals surface area contributed by atoms with Crippen LogP contribution in [0.25, 0.3) is 0 Å².